The second kappa shape index (κ2) is 8.84. The van der Waals surface area contributed by atoms with Gasteiger partial charge in [0.15, 0.2) is 5.78 Å². The summed E-state index contributed by atoms with van der Waals surface area (Å²) in [5.41, 5.74) is 1.10. The van der Waals surface area contributed by atoms with E-state index in [1.807, 2.05) is 23.8 Å². The minimum atomic E-state index is -0.0139. The molecule has 1 aliphatic heterocycles. The number of rotatable bonds is 0. The predicted molar refractivity (Wildman–Crippen MR) is 78.4 cm³/mol. The number of H-pyrrole nitrogens is 1. The molecule has 3 heterocycles. The van der Waals surface area contributed by atoms with E-state index in [9.17, 15) is 9.59 Å². The lowest BCUT2D eigenvalue weighted by Gasteiger charge is -1.71. The maximum atomic E-state index is 10.1. The molecule has 7 heteroatoms. The molecule has 18 heavy (non-hydrogen) atoms. The molecule has 0 bridgehead atoms. The number of hydrogen-bond donors (Lipinski definition) is 1. The number of aromatic amines is 1. The maximum Gasteiger partial charge on any atom is 0.257 e. The first kappa shape index (κ1) is 14.9. The summed E-state index contributed by atoms with van der Waals surface area (Å²) in [5.74, 6) is 0.889. The van der Waals surface area contributed by atoms with Gasteiger partial charge in [-0.05, 0) is 36.0 Å². The Morgan fingerprint density at radius 1 is 1.28 bits per heavy atom. The van der Waals surface area contributed by atoms with Gasteiger partial charge >= 0.3 is 0 Å². The van der Waals surface area contributed by atoms with Crippen LogP contribution in [0.1, 0.15) is 5.69 Å². The number of hydrogen-bond acceptors (Lipinski definition) is 6. The zero-order chi connectivity index (χ0) is 13.2. The number of aromatic nitrogens is 2. The normalized spacial score (nSPS) is 12.4. The first-order chi connectivity index (χ1) is 8.68. The van der Waals surface area contributed by atoms with Crippen molar-refractivity contribution in [3.8, 4) is 0 Å². The van der Waals surface area contributed by atoms with Crippen LogP contribution in [0.5, 0.6) is 0 Å². The van der Waals surface area contributed by atoms with Crippen LogP contribution in [0.4, 0.5) is 0 Å². The average Bonchev–Trinajstić information content (AvgIpc) is 3.05. The first-order valence-electron chi connectivity index (χ1n) is 4.98. The Labute approximate surface area is 117 Å². The topological polar surface area (TPSA) is 62.8 Å². The van der Waals surface area contributed by atoms with Gasteiger partial charge in [0, 0.05) is 16.8 Å². The fourth-order valence-corrected chi connectivity index (χ4v) is 2.39. The van der Waals surface area contributed by atoms with E-state index in [1.165, 1.54) is 29.1 Å². The lowest BCUT2D eigenvalue weighted by Crippen LogP contribution is -1.90. The van der Waals surface area contributed by atoms with Crippen LogP contribution in [0.2, 0.25) is 0 Å². The van der Waals surface area contributed by atoms with E-state index in [0.29, 0.717) is 5.75 Å². The van der Waals surface area contributed by atoms with Crippen molar-refractivity contribution >= 4 is 40.6 Å². The third kappa shape index (κ3) is 7.21. The van der Waals surface area contributed by atoms with Gasteiger partial charge in [-0.2, -0.15) is 4.37 Å². The van der Waals surface area contributed by atoms with Gasteiger partial charge in [0.25, 0.3) is 5.56 Å². The first-order valence-corrected chi connectivity index (χ1v) is 7.75. The summed E-state index contributed by atoms with van der Waals surface area (Å²) in [6, 6.07) is 3.48. The van der Waals surface area contributed by atoms with Crippen molar-refractivity contribution in [2.75, 3.05) is 5.75 Å². The van der Waals surface area contributed by atoms with E-state index >= 15 is 0 Å². The van der Waals surface area contributed by atoms with Crippen molar-refractivity contribution in [3.05, 3.63) is 50.4 Å². The number of carbonyl (C=O) groups excluding carboxylic acids is 1. The Bertz CT molecular complexity index is 512. The van der Waals surface area contributed by atoms with Gasteiger partial charge in [0.1, 0.15) is 0 Å². The average molecular weight is 300 g/mol. The van der Waals surface area contributed by atoms with Gasteiger partial charge in [0.05, 0.1) is 11.4 Å². The number of aryl methyl sites for hydroxylation is 1. The van der Waals surface area contributed by atoms with Crippen LogP contribution in [0.3, 0.4) is 0 Å². The third-order valence-electron chi connectivity index (χ3n) is 1.59. The highest BCUT2D eigenvalue weighted by molar-refractivity contribution is 8.03. The summed E-state index contributed by atoms with van der Waals surface area (Å²) in [6.45, 7) is 1.98. The number of nitrogens with zero attached hydrogens (tertiary/aromatic N) is 1. The van der Waals surface area contributed by atoms with E-state index < -0.39 is 0 Å². The number of ketones is 1. The summed E-state index contributed by atoms with van der Waals surface area (Å²) >= 11 is 4.34. The van der Waals surface area contributed by atoms with Crippen LogP contribution in [0.15, 0.2) is 39.2 Å². The summed E-state index contributed by atoms with van der Waals surface area (Å²) in [4.78, 5) is 20.2. The van der Waals surface area contributed by atoms with Crippen molar-refractivity contribution in [1.82, 2.24) is 8.75 Å². The molecular formula is C11H12N2O2S3. The smallest absolute Gasteiger partial charge is 0.257 e. The minimum absolute atomic E-state index is 0.0139. The highest BCUT2D eigenvalue weighted by Crippen LogP contribution is 2.08. The minimum Gasteiger partial charge on any atom is -0.294 e. The Balaban J connectivity index is 0.000000135. The van der Waals surface area contributed by atoms with E-state index in [0.717, 1.165) is 5.69 Å². The largest absolute Gasteiger partial charge is 0.294 e. The zero-order valence-electron chi connectivity index (χ0n) is 9.66. The van der Waals surface area contributed by atoms with Crippen LogP contribution in [0.25, 0.3) is 0 Å². The molecule has 4 nitrogen and oxygen atoms in total. The molecular weight excluding hydrogens is 288 g/mol. The van der Waals surface area contributed by atoms with Crippen LogP contribution in [-0.4, -0.2) is 20.3 Å². The molecule has 96 valence electrons. The third-order valence-corrected chi connectivity index (χ3v) is 3.61. The van der Waals surface area contributed by atoms with Gasteiger partial charge in [-0.25, -0.2) is 0 Å². The fourth-order valence-electron chi connectivity index (χ4n) is 0.797. The summed E-state index contributed by atoms with van der Waals surface area (Å²) in [6.07, 6.45) is 1.60. The van der Waals surface area contributed by atoms with Gasteiger partial charge < -0.3 is 0 Å². The molecule has 0 radical (unpaired) electrons. The molecule has 0 aliphatic carbocycles. The lowest BCUT2D eigenvalue weighted by atomic mass is 10.5. The zero-order valence-corrected chi connectivity index (χ0v) is 12.1. The fraction of sp³-hybridized carbons (Fsp3) is 0.182. The van der Waals surface area contributed by atoms with Crippen molar-refractivity contribution < 1.29 is 4.79 Å². The van der Waals surface area contributed by atoms with Gasteiger partial charge in [-0.1, -0.05) is 11.5 Å². The highest BCUT2D eigenvalue weighted by Gasteiger charge is 1.99. The number of thioether (sulfide) groups is 1. The Hall–Kier alpha value is -1.18. The van der Waals surface area contributed by atoms with Crippen molar-refractivity contribution in [2.45, 2.75) is 6.92 Å². The molecule has 1 aliphatic rings. The molecule has 0 saturated carbocycles. The van der Waals surface area contributed by atoms with E-state index in [1.54, 1.807) is 23.2 Å². The monoisotopic (exact) mass is 300 g/mol. The van der Waals surface area contributed by atoms with Crippen molar-refractivity contribution in [1.29, 1.82) is 0 Å². The molecule has 0 fully saturated rings. The number of nitrogens with one attached hydrogen (secondary N) is 1. The predicted octanol–water partition coefficient (Wildman–Crippen LogP) is 2.70. The molecule has 3 rings (SSSR count). The molecule has 2 aromatic heterocycles. The maximum absolute atomic E-state index is 10.1. The van der Waals surface area contributed by atoms with Crippen LogP contribution < -0.4 is 5.56 Å². The lowest BCUT2D eigenvalue weighted by molar-refractivity contribution is -0.112. The molecule has 0 aromatic carbocycles. The molecule has 0 atom stereocenters. The van der Waals surface area contributed by atoms with E-state index in [4.69, 9.17) is 0 Å². The Kier molecular flexibility index (Phi) is 7.31. The summed E-state index contributed by atoms with van der Waals surface area (Å²) in [7, 11) is 0. The standard InChI is InChI=1S/C4H5NS.C4H4OS.C3H3NOS/c1-4-2-3-6-5-4;5-4-1-2-6-3-4;5-3-1-2-6-4-3/h2-3H,1H3;1-2H,3H2;1-2H,(H,4,5). The summed E-state index contributed by atoms with van der Waals surface area (Å²) < 4.78 is 6.44. The Morgan fingerprint density at radius 2 is 2.11 bits per heavy atom. The molecule has 2 aromatic rings. The molecule has 0 spiro atoms. The summed E-state index contributed by atoms with van der Waals surface area (Å²) in [5, 5.41) is 5.50. The molecule has 0 saturated heterocycles. The second-order valence-corrected chi connectivity index (χ2v) is 5.38. The van der Waals surface area contributed by atoms with Crippen molar-refractivity contribution in [3.63, 3.8) is 0 Å². The van der Waals surface area contributed by atoms with Gasteiger partial charge in [-0.3, -0.25) is 14.0 Å². The SMILES string of the molecule is Cc1ccsn1.O=C1C=CSC1.O=c1ccs[nH]1. The highest BCUT2D eigenvalue weighted by atomic mass is 32.2. The van der Waals surface area contributed by atoms with E-state index in [-0.39, 0.29) is 11.3 Å². The quantitative estimate of drug-likeness (QED) is 0.812. The van der Waals surface area contributed by atoms with Gasteiger partial charge in [0.2, 0.25) is 0 Å². The molecule has 0 unspecified atom stereocenters. The van der Waals surface area contributed by atoms with Gasteiger partial charge in [-0.15, -0.1) is 11.8 Å². The Morgan fingerprint density at radius 3 is 2.28 bits per heavy atom. The second-order valence-electron chi connectivity index (χ2n) is 3.11. The number of allylic oxidation sites excluding steroid dienone is 1. The van der Waals surface area contributed by atoms with Crippen LogP contribution in [0, 0.1) is 6.92 Å². The van der Waals surface area contributed by atoms with E-state index in [2.05, 4.69) is 8.75 Å². The van der Waals surface area contributed by atoms with Crippen LogP contribution in [-0.2, 0) is 4.79 Å². The molecule has 0 amide bonds. The van der Waals surface area contributed by atoms with Crippen LogP contribution >= 0.6 is 34.8 Å². The molecule has 1 N–H and O–H groups in total. The number of carbonyl (C=O) groups is 1. The van der Waals surface area contributed by atoms with Crippen molar-refractivity contribution in [2.24, 2.45) is 0 Å².